The van der Waals surface area contributed by atoms with Gasteiger partial charge in [0.15, 0.2) is 0 Å². The van der Waals surface area contributed by atoms with Crippen molar-refractivity contribution in [1.82, 2.24) is 15.1 Å². The van der Waals surface area contributed by atoms with E-state index in [1.54, 1.807) is 13.8 Å². The Labute approximate surface area is 125 Å². The average molecular weight is 295 g/mol. The summed E-state index contributed by atoms with van der Waals surface area (Å²) in [6.45, 7) is 9.52. The van der Waals surface area contributed by atoms with Crippen molar-refractivity contribution >= 4 is 11.9 Å². The number of hydrogen-bond acceptors (Lipinski definition) is 3. The highest BCUT2D eigenvalue weighted by Crippen LogP contribution is 2.19. The summed E-state index contributed by atoms with van der Waals surface area (Å²) in [6.07, 6.45) is 3.38. The second-order valence-electron chi connectivity index (χ2n) is 5.59. The highest BCUT2D eigenvalue weighted by Gasteiger charge is 2.26. The van der Waals surface area contributed by atoms with Crippen LogP contribution < -0.4 is 5.32 Å². The van der Waals surface area contributed by atoms with Gasteiger partial charge in [-0.3, -0.25) is 9.48 Å². The topological polar surface area (TPSA) is 84.2 Å². The highest BCUT2D eigenvalue weighted by molar-refractivity contribution is 5.97. The molecule has 0 aliphatic heterocycles. The predicted molar refractivity (Wildman–Crippen MR) is 80.3 cm³/mol. The zero-order chi connectivity index (χ0) is 16.2. The third-order valence-electron chi connectivity index (χ3n) is 3.80. The molecule has 0 saturated carbocycles. The van der Waals surface area contributed by atoms with E-state index in [0.29, 0.717) is 5.56 Å². The number of rotatable bonds is 7. The molecule has 1 atom stereocenters. The first-order chi connectivity index (χ1) is 9.83. The average Bonchev–Trinajstić information content (AvgIpc) is 2.79. The molecule has 0 bridgehead atoms. The molecule has 0 spiro atoms. The molecular weight excluding hydrogens is 270 g/mol. The minimum Gasteiger partial charge on any atom is -0.480 e. The second kappa shape index (κ2) is 7.24. The largest absolute Gasteiger partial charge is 0.480 e. The maximum atomic E-state index is 12.3. The fourth-order valence-electron chi connectivity index (χ4n) is 2.38. The quantitative estimate of drug-likeness (QED) is 0.809. The van der Waals surface area contributed by atoms with Gasteiger partial charge in [0.25, 0.3) is 5.91 Å². The van der Waals surface area contributed by atoms with Crippen LogP contribution in [0.1, 0.15) is 62.6 Å². The first-order valence-corrected chi connectivity index (χ1v) is 7.41. The van der Waals surface area contributed by atoms with Gasteiger partial charge in [-0.25, -0.2) is 4.79 Å². The van der Waals surface area contributed by atoms with E-state index in [2.05, 4.69) is 24.3 Å². The van der Waals surface area contributed by atoms with Gasteiger partial charge in [0.1, 0.15) is 6.04 Å². The van der Waals surface area contributed by atoms with Crippen LogP contribution in [0.2, 0.25) is 0 Å². The Kier molecular flexibility index (Phi) is 5.93. The van der Waals surface area contributed by atoms with E-state index in [-0.39, 0.29) is 17.9 Å². The minimum absolute atomic E-state index is 0.180. The molecule has 0 fully saturated rings. The van der Waals surface area contributed by atoms with Crippen LogP contribution in [-0.4, -0.2) is 32.8 Å². The van der Waals surface area contributed by atoms with Crippen molar-refractivity contribution in [2.75, 3.05) is 0 Å². The maximum Gasteiger partial charge on any atom is 0.326 e. The number of carbonyl (C=O) groups excluding carboxylic acids is 1. The lowest BCUT2D eigenvalue weighted by molar-refractivity contribution is -0.140. The van der Waals surface area contributed by atoms with E-state index in [1.165, 1.54) is 6.20 Å². The Balaban J connectivity index is 2.96. The molecular formula is C15H25N3O3. The minimum atomic E-state index is -1.02. The molecule has 1 amide bonds. The summed E-state index contributed by atoms with van der Waals surface area (Å²) in [7, 11) is 0. The first-order valence-electron chi connectivity index (χ1n) is 7.41. The predicted octanol–water partition coefficient (Wildman–Crippen LogP) is 2.39. The molecule has 2 N–H and O–H groups in total. The molecule has 6 heteroatoms. The Bertz CT molecular complexity index is 504. The third-order valence-corrected chi connectivity index (χ3v) is 3.80. The standard InChI is InChI=1S/C15H25N3O3/c1-6-11(7-2)18-10(5)12(8-16-18)14(19)17-13(9(3)4)15(20)21/h8-9,11,13H,6-7H2,1-5H3,(H,17,19)(H,20,21)/t13-/m0/s1. The molecule has 0 saturated heterocycles. The normalized spacial score (nSPS) is 12.7. The third kappa shape index (κ3) is 3.83. The summed E-state index contributed by atoms with van der Waals surface area (Å²) in [5.41, 5.74) is 1.21. The monoisotopic (exact) mass is 295 g/mol. The van der Waals surface area contributed by atoms with E-state index in [4.69, 9.17) is 5.11 Å². The van der Waals surface area contributed by atoms with Gasteiger partial charge in [-0.1, -0.05) is 27.7 Å². The van der Waals surface area contributed by atoms with Gasteiger partial charge in [-0.05, 0) is 25.7 Å². The van der Waals surface area contributed by atoms with Crippen molar-refractivity contribution in [1.29, 1.82) is 0 Å². The van der Waals surface area contributed by atoms with Gasteiger partial charge in [-0.2, -0.15) is 5.10 Å². The number of amides is 1. The molecule has 1 aromatic rings. The van der Waals surface area contributed by atoms with E-state index in [0.717, 1.165) is 18.5 Å². The number of nitrogens with zero attached hydrogens (tertiary/aromatic N) is 2. The van der Waals surface area contributed by atoms with Gasteiger partial charge in [-0.15, -0.1) is 0 Å². The van der Waals surface area contributed by atoms with Gasteiger partial charge < -0.3 is 10.4 Å². The summed E-state index contributed by atoms with van der Waals surface area (Å²) in [5, 5.41) is 16.0. The summed E-state index contributed by atoms with van der Waals surface area (Å²) < 4.78 is 1.85. The van der Waals surface area contributed by atoms with Crippen molar-refractivity contribution in [3.63, 3.8) is 0 Å². The van der Waals surface area contributed by atoms with Gasteiger partial charge in [0.05, 0.1) is 17.8 Å². The highest BCUT2D eigenvalue weighted by atomic mass is 16.4. The molecule has 1 rings (SSSR count). The molecule has 0 unspecified atom stereocenters. The SMILES string of the molecule is CCC(CC)n1ncc(C(=O)N[C@H](C(=O)O)C(C)C)c1C. The van der Waals surface area contributed by atoms with Crippen molar-refractivity contribution in [3.8, 4) is 0 Å². The summed E-state index contributed by atoms with van der Waals surface area (Å²) in [5.74, 6) is -1.59. The zero-order valence-corrected chi connectivity index (χ0v) is 13.4. The van der Waals surface area contributed by atoms with Crippen molar-refractivity contribution in [2.24, 2.45) is 5.92 Å². The van der Waals surface area contributed by atoms with E-state index in [9.17, 15) is 9.59 Å². The molecule has 0 aliphatic rings. The molecule has 0 aromatic carbocycles. The van der Waals surface area contributed by atoms with Crippen LogP contribution in [0.4, 0.5) is 0 Å². The lowest BCUT2D eigenvalue weighted by atomic mass is 10.0. The molecule has 1 aromatic heterocycles. The first kappa shape index (κ1) is 17.2. The number of hydrogen-bond donors (Lipinski definition) is 2. The number of aromatic nitrogens is 2. The molecule has 0 radical (unpaired) electrons. The molecule has 6 nitrogen and oxygen atoms in total. The summed E-state index contributed by atoms with van der Waals surface area (Å²) in [6, 6.07) is -0.639. The van der Waals surface area contributed by atoms with Gasteiger partial charge in [0.2, 0.25) is 0 Å². The van der Waals surface area contributed by atoms with Crippen LogP contribution in [-0.2, 0) is 4.79 Å². The smallest absolute Gasteiger partial charge is 0.326 e. The Morgan fingerprint density at radius 3 is 2.33 bits per heavy atom. The second-order valence-corrected chi connectivity index (χ2v) is 5.59. The van der Waals surface area contributed by atoms with E-state index >= 15 is 0 Å². The summed E-state index contributed by atoms with van der Waals surface area (Å²) in [4.78, 5) is 23.4. The number of carboxylic acids is 1. The fraction of sp³-hybridized carbons (Fsp3) is 0.667. The number of carbonyl (C=O) groups is 2. The molecule has 1 heterocycles. The van der Waals surface area contributed by atoms with Crippen LogP contribution in [0.15, 0.2) is 6.20 Å². The Hall–Kier alpha value is -1.85. The van der Waals surface area contributed by atoms with Gasteiger partial charge >= 0.3 is 5.97 Å². The molecule has 21 heavy (non-hydrogen) atoms. The van der Waals surface area contributed by atoms with Crippen LogP contribution in [0.25, 0.3) is 0 Å². The molecule has 0 aliphatic carbocycles. The van der Waals surface area contributed by atoms with Crippen LogP contribution in [0.5, 0.6) is 0 Å². The van der Waals surface area contributed by atoms with Crippen LogP contribution in [0.3, 0.4) is 0 Å². The number of nitrogens with one attached hydrogen (secondary N) is 1. The van der Waals surface area contributed by atoms with Crippen molar-refractivity contribution in [2.45, 2.75) is 59.5 Å². The Morgan fingerprint density at radius 2 is 1.90 bits per heavy atom. The van der Waals surface area contributed by atoms with E-state index in [1.807, 2.05) is 11.6 Å². The van der Waals surface area contributed by atoms with Crippen LogP contribution in [0, 0.1) is 12.8 Å². The van der Waals surface area contributed by atoms with E-state index < -0.39 is 12.0 Å². The number of aliphatic carboxylic acids is 1. The lowest BCUT2D eigenvalue weighted by Gasteiger charge is -2.18. The van der Waals surface area contributed by atoms with Gasteiger partial charge in [0, 0.05) is 5.69 Å². The summed E-state index contributed by atoms with van der Waals surface area (Å²) >= 11 is 0. The van der Waals surface area contributed by atoms with Crippen LogP contribution >= 0.6 is 0 Å². The maximum absolute atomic E-state index is 12.3. The zero-order valence-electron chi connectivity index (χ0n) is 13.4. The fourth-order valence-corrected chi connectivity index (χ4v) is 2.38. The van der Waals surface area contributed by atoms with Crippen molar-refractivity contribution < 1.29 is 14.7 Å². The Morgan fingerprint density at radius 1 is 1.33 bits per heavy atom. The lowest BCUT2D eigenvalue weighted by Crippen LogP contribution is -2.44. The molecule has 118 valence electrons. The van der Waals surface area contributed by atoms with Crippen molar-refractivity contribution in [3.05, 3.63) is 17.5 Å². The number of carboxylic acid groups (broad SMARTS) is 1.